The minimum atomic E-state index is -0.551. The molecule has 0 aliphatic heterocycles. The van der Waals surface area contributed by atoms with Crippen LogP contribution in [0.4, 0.5) is 0 Å². The van der Waals surface area contributed by atoms with Gasteiger partial charge in [-0.2, -0.15) is 5.26 Å². The summed E-state index contributed by atoms with van der Waals surface area (Å²) in [6.45, 7) is 5.56. The predicted octanol–water partition coefficient (Wildman–Crippen LogP) is 1.59. The van der Waals surface area contributed by atoms with Crippen molar-refractivity contribution in [2.75, 3.05) is 0 Å². The summed E-state index contributed by atoms with van der Waals surface area (Å²) in [7, 11) is 0. The zero-order valence-electron chi connectivity index (χ0n) is 8.48. The summed E-state index contributed by atoms with van der Waals surface area (Å²) in [6, 6.07) is 2.19. The van der Waals surface area contributed by atoms with Crippen LogP contribution in [0.3, 0.4) is 0 Å². The van der Waals surface area contributed by atoms with E-state index in [9.17, 15) is 4.79 Å². The van der Waals surface area contributed by atoms with E-state index in [0.717, 1.165) is 19.3 Å². The van der Waals surface area contributed by atoms with Crippen molar-refractivity contribution in [3.8, 4) is 6.07 Å². The number of rotatable bonds is 1. The molecule has 0 aromatic heterocycles. The van der Waals surface area contributed by atoms with Gasteiger partial charge < -0.3 is 5.32 Å². The average Bonchev–Trinajstić information content (AvgIpc) is 1.94. The van der Waals surface area contributed by atoms with E-state index in [1.165, 1.54) is 0 Å². The monoisotopic (exact) mass is 180 g/mol. The van der Waals surface area contributed by atoms with E-state index in [1.807, 2.05) is 20.8 Å². The summed E-state index contributed by atoms with van der Waals surface area (Å²) in [5.41, 5.74) is -0.955. The molecule has 0 bridgehead atoms. The first-order valence-electron chi connectivity index (χ1n) is 4.63. The van der Waals surface area contributed by atoms with Crippen molar-refractivity contribution in [1.29, 1.82) is 5.26 Å². The topological polar surface area (TPSA) is 52.9 Å². The van der Waals surface area contributed by atoms with Gasteiger partial charge in [-0.15, -0.1) is 0 Å². The van der Waals surface area contributed by atoms with E-state index < -0.39 is 11.0 Å². The van der Waals surface area contributed by atoms with Gasteiger partial charge in [0.1, 0.15) is 5.54 Å². The summed E-state index contributed by atoms with van der Waals surface area (Å²) in [5.74, 6) is -0.0336. The lowest BCUT2D eigenvalue weighted by atomic mass is 9.77. The molecule has 3 heteroatoms. The number of hydrogen-bond donors (Lipinski definition) is 1. The molecule has 0 spiro atoms. The van der Waals surface area contributed by atoms with Gasteiger partial charge in [-0.25, -0.2) is 0 Å². The molecule has 0 unspecified atom stereocenters. The third kappa shape index (κ3) is 2.00. The Labute approximate surface area is 79.1 Å². The molecule has 3 nitrogen and oxygen atoms in total. The molecule has 1 fully saturated rings. The highest BCUT2D eigenvalue weighted by molar-refractivity contribution is 5.82. The molecule has 0 aromatic carbocycles. The van der Waals surface area contributed by atoms with Crippen molar-refractivity contribution >= 4 is 5.91 Å². The molecule has 13 heavy (non-hydrogen) atoms. The zero-order chi connectivity index (χ0) is 10.1. The lowest BCUT2D eigenvalue weighted by Crippen LogP contribution is -2.55. The number of carbonyl (C=O) groups is 1. The van der Waals surface area contributed by atoms with Crippen molar-refractivity contribution in [3.63, 3.8) is 0 Å². The van der Waals surface area contributed by atoms with Gasteiger partial charge in [0.05, 0.1) is 6.07 Å². The molecule has 72 valence electrons. The number of hydrogen-bond acceptors (Lipinski definition) is 2. The molecule has 1 aliphatic rings. The van der Waals surface area contributed by atoms with Crippen molar-refractivity contribution in [2.45, 2.75) is 45.6 Å². The second-order valence-corrected chi connectivity index (χ2v) is 4.75. The fourth-order valence-electron chi connectivity index (χ4n) is 1.20. The maximum Gasteiger partial charge on any atom is 0.226 e. The number of amides is 1. The zero-order valence-corrected chi connectivity index (χ0v) is 8.48. The van der Waals surface area contributed by atoms with Crippen molar-refractivity contribution in [3.05, 3.63) is 0 Å². The molecule has 1 rings (SSSR count). The van der Waals surface area contributed by atoms with E-state index in [-0.39, 0.29) is 5.91 Å². The minimum absolute atomic E-state index is 0.0336. The molecular formula is C10H16N2O. The largest absolute Gasteiger partial charge is 0.337 e. The first-order valence-corrected chi connectivity index (χ1v) is 4.63. The fraction of sp³-hybridized carbons (Fsp3) is 0.800. The highest BCUT2D eigenvalue weighted by Gasteiger charge is 2.40. The molecule has 0 aromatic rings. The van der Waals surface area contributed by atoms with Crippen LogP contribution in [0.2, 0.25) is 0 Å². The molecule has 1 N–H and O–H groups in total. The lowest BCUT2D eigenvalue weighted by molar-refractivity contribution is -0.130. The van der Waals surface area contributed by atoms with E-state index in [2.05, 4.69) is 11.4 Å². The summed E-state index contributed by atoms with van der Waals surface area (Å²) >= 11 is 0. The van der Waals surface area contributed by atoms with Crippen LogP contribution in [0.5, 0.6) is 0 Å². The smallest absolute Gasteiger partial charge is 0.226 e. The number of nitrogens with one attached hydrogen (secondary N) is 1. The molecule has 1 aliphatic carbocycles. The van der Waals surface area contributed by atoms with Crippen LogP contribution in [0, 0.1) is 16.7 Å². The second-order valence-electron chi connectivity index (χ2n) is 4.75. The predicted molar refractivity (Wildman–Crippen MR) is 49.8 cm³/mol. The van der Waals surface area contributed by atoms with Gasteiger partial charge in [-0.1, -0.05) is 20.8 Å². The van der Waals surface area contributed by atoms with E-state index in [4.69, 9.17) is 5.26 Å². The van der Waals surface area contributed by atoms with E-state index in [1.54, 1.807) is 0 Å². The Morgan fingerprint density at radius 1 is 1.46 bits per heavy atom. The van der Waals surface area contributed by atoms with Gasteiger partial charge in [-0.05, 0) is 19.3 Å². The number of carbonyl (C=O) groups excluding carboxylic acids is 1. The van der Waals surface area contributed by atoms with E-state index >= 15 is 0 Å². The van der Waals surface area contributed by atoms with Crippen molar-refractivity contribution < 1.29 is 4.79 Å². The highest BCUT2D eigenvalue weighted by atomic mass is 16.2. The Balaban J connectivity index is 2.59. The maximum absolute atomic E-state index is 11.6. The summed E-state index contributed by atoms with van der Waals surface area (Å²) in [5, 5.41) is 11.7. The summed E-state index contributed by atoms with van der Waals surface area (Å²) in [6.07, 6.45) is 2.63. The van der Waals surface area contributed by atoms with Crippen LogP contribution in [-0.2, 0) is 4.79 Å². The van der Waals surface area contributed by atoms with E-state index in [0.29, 0.717) is 0 Å². The Kier molecular flexibility index (Phi) is 2.34. The molecule has 0 saturated heterocycles. The molecule has 1 amide bonds. The Hall–Kier alpha value is -1.04. The van der Waals surface area contributed by atoms with Crippen LogP contribution in [0.15, 0.2) is 0 Å². The second kappa shape index (κ2) is 3.02. The van der Waals surface area contributed by atoms with Crippen LogP contribution < -0.4 is 5.32 Å². The van der Waals surface area contributed by atoms with Gasteiger partial charge in [0.25, 0.3) is 0 Å². The summed E-state index contributed by atoms with van der Waals surface area (Å²) in [4.78, 5) is 11.6. The quantitative estimate of drug-likeness (QED) is 0.666. The normalized spacial score (nSPS) is 19.8. The molecule has 0 atom stereocenters. The lowest BCUT2D eigenvalue weighted by Gasteiger charge is -2.37. The number of nitriles is 1. The van der Waals surface area contributed by atoms with Gasteiger partial charge in [-0.3, -0.25) is 4.79 Å². The van der Waals surface area contributed by atoms with Gasteiger partial charge in [0, 0.05) is 5.41 Å². The SMILES string of the molecule is CC(C)(C)C(=O)NC1(C#N)CCC1. The fourth-order valence-corrected chi connectivity index (χ4v) is 1.20. The first kappa shape index (κ1) is 10.0. The van der Waals surface area contributed by atoms with Crippen molar-refractivity contribution in [1.82, 2.24) is 5.32 Å². The molecule has 1 saturated carbocycles. The van der Waals surface area contributed by atoms with Gasteiger partial charge in [0.15, 0.2) is 0 Å². The Bertz CT molecular complexity index is 253. The molecule has 0 heterocycles. The van der Waals surface area contributed by atoms with Gasteiger partial charge in [0.2, 0.25) is 5.91 Å². The summed E-state index contributed by atoms with van der Waals surface area (Å²) < 4.78 is 0. The Morgan fingerprint density at radius 3 is 2.23 bits per heavy atom. The standard InChI is InChI=1S/C10H16N2O/c1-9(2,3)8(13)12-10(7-11)5-4-6-10/h4-6H2,1-3H3,(H,12,13). The Morgan fingerprint density at radius 2 is 2.00 bits per heavy atom. The molecular weight excluding hydrogens is 164 g/mol. The first-order chi connectivity index (χ1) is 5.90. The average molecular weight is 180 g/mol. The third-order valence-corrected chi connectivity index (χ3v) is 2.46. The van der Waals surface area contributed by atoms with Crippen LogP contribution in [-0.4, -0.2) is 11.4 Å². The third-order valence-electron chi connectivity index (χ3n) is 2.46. The van der Waals surface area contributed by atoms with Crippen LogP contribution in [0.25, 0.3) is 0 Å². The highest BCUT2D eigenvalue weighted by Crippen LogP contribution is 2.32. The molecule has 0 radical (unpaired) electrons. The minimum Gasteiger partial charge on any atom is -0.337 e. The van der Waals surface area contributed by atoms with Crippen molar-refractivity contribution in [2.24, 2.45) is 5.41 Å². The van der Waals surface area contributed by atoms with Gasteiger partial charge >= 0.3 is 0 Å². The maximum atomic E-state index is 11.6. The number of nitrogens with zero attached hydrogens (tertiary/aromatic N) is 1. The van der Waals surface area contributed by atoms with Crippen LogP contribution >= 0.6 is 0 Å². The van der Waals surface area contributed by atoms with Crippen LogP contribution in [0.1, 0.15) is 40.0 Å².